The standard InChI is InChI=1S/C17H18ClN2O2P/c1-3-8-20-11(2)4-6-14(16(20)17(21)22)19-10-12-9-13(18)5-7-15(12)23/h3-9,19H,2,10,23H2,1H3,(H,21,22)/b8-3-. The summed E-state index contributed by atoms with van der Waals surface area (Å²) in [5.74, 6) is -1.02. The second kappa shape index (κ2) is 7.49. The maximum atomic E-state index is 11.7. The molecule has 23 heavy (non-hydrogen) atoms. The molecule has 1 heterocycles. The summed E-state index contributed by atoms with van der Waals surface area (Å²) in [6.45, 7) is 6.16. The summed E-state index contributed by atoms with van der Waals surface area (Å²) in [6.07, 6.45) is 6.94. The number of allylic oxidation sites excluding steroid dienone is 3. The van der Waals surface area contributed by atoms with Gasteiger partial charge >= 0.3 is 5.97 Å². The van der Waals surface area contributed by atoms with Crippen LogP contribution < -0.4 is 10.6 Å². The Kier molecular flexibility index (Phi) is 5.64. The van der Waals surface area contributed by atoms with Crippen molar-refractivity contribution in [3.63, 3.8) is 0 Å². The van der Waals surface area contributed by atoms with Crippen LogP contribution in [0, 0.1) is 0 Å². The van der Waals surface area contributed by atoms with E-state index in [2.05, 4.69) is 21.1 Å². The van der Waals surface area contributed by atoms with Crippen LogP contribution in [0.3, 0.4) is 0 Å². The molecule has 4 nitrogen and oxygen atoms in total. The van der Waals surface area contributed by atoms with Crippen molar-refractivity contribution >= 4 is 32.1 Å². The van der Waals surface area contributed by atoms with E-state index in [4.69, 9.17) is 11.6 Å². The number of hydrogen-bond donors (Lipinski definition) is 2. The maximum Gasteiger partial charge on any atom is 0.355 e. The van der Waals surface area contributed by atoms with E-state index in [-0.39, 0.29) is 5.70 Å². The lowest BCUT2D eigenvalue weighted by Crippen LogP contribution is -2.30. The van der Waals surface area contributed by atoms with Crippen molar-refractivity contribution in [3.8, 4) is 0 Å². The van der Waals surface area contributed by atoms with Crippen molar-refractivity contribution in [2.75, 3.05) is 0 Å². The average molecular weight is 349 g/mol. The molecular weight excluding hydrogens is 331 g/mol. The number of benzene rings is 1. The quantitative estimate of drug-likeness (QED) is 0.803. The van der Waals surface area contributed by atoms with Gasteiger partial charge in [-0.15, -0.1) is 9.24 Å². The monoisotopic (exact) mass is 348 g/mol. The van der Waals surface area contributed by atoms with Crippen LogP contribution in [0.25, 0.3) is 0 Å². The molecule has 0 saturated heterocycles. The summed E-state index contributed by atoms with van der Waals surface area (Å²) in [6, 6.07) is 5.57. The van der Waals surface area contributed by atoms with Crippen molar-refractivity contribution in [1.82, 2.24) is 10.2 Å². The molecule has 1 aromatic carbocycles. The first kappa shape index (κ1) is 17.3. The summed E-state index contributed by atoms with van der Waals surface area (Å²) in [7, 11) is 2.64. The van der Waals surface area contributed by atoms with Crippen LogP contribution in [-0.2, 0) is 11.3 Å². The molecule has 0 aliphatic carbocycles. The molecule has 0 radical (unpaired) electrons. The normalized spacial score (nSPS) is 14.7. The number of carboxylic acids is 1. The van der Waals surface area contributed by atoms with Crippen molar-refractivity contribution in [3.05, 3.63) is 76.9 Å². The fourth-order valence-electron chi connectivity index (χ4n) is 2.21. The third-order valence-electron chi connectivity index (χ3n) is 3.32. The zero-order valence-electron chi connectivity index (χ0n) is 12.7. The molecule has 0 aromatic heterocycles. The van der Waals surface area contributed by atoms with Crippen molar-refractivity contribution in [2.45, 2.75) is 13.5 Å². The molecule has 1 atom stereocenters. The number of aliphatic carboxylic acids is 1. The molecular formula is C17H18ClN2O2P. The Labute approximate surface area is 143 Å². The molecule has 0 fully saturated rings. The fourth-order valence-corrected chi connectivity index (χ4v) is 2.69. The highest BCUT2D eigenvalue weighted by Gasteiger charge is 2.23. The number of carboxylic acid groups (broad SMARTS) is 1. The summed E-state index contributed by atoms with van der Waals surface area (Å²) in [4.78, 5) is 13.2. The van der Waals surface area contributed by atoms with Gasteiger partial charge in [0.25, 0.3) is 0 Å². The summed E-state index contributed by atoms with van der Waals surface area (Å²) >= 11 is 6.01. The van der Waals surface area contributed by atoms with E-state index >= 15 is 0 Å². The molecule has 1 aliphatic rings. The van der Waals surface area contributed by atoms with Gasteiger partial charge in [-0.2, -0.15) is 0 Å². The number of nitrogens with zero attached hydrogens (tertiary/aromatic N) is 1. The maximum absolute atomic E-state index is 11.7. The first-order valence-corrected chi connectivity index (χ1v) is 7.94. The van der Waals surface area contributed by atoms with Crippen LogP contribution in [0.1, 0.15) is 12.5 Å². The molecule has 1 aromatic rings. The minimum absolute atomic E-state index is 0.142. The molecule has 0 bridgehead atoms. The lowest BCUT2D eigenvalue weighted by Gasteiger charge is -2.27. The van der Waals surface area contributed by atoms with E-state index in [0.717, 1.165) is 10.9 Å². The first-order valence-electron chi connectivity index (χ1n) is 6.98. The van der Waals surface area contributed by atoms with E-state index < -0.39 is 5.97 Å². The molecule has 0 amide bonds. The summed E-state index contributed by atoms with van der Waals surface area (Å²) in [5, 5.41) is 14.4. The Bertz CT molecular complexity index is 738. The molecule has 0 spiro atoms. The Balaban J connectivity index is 2.31. The minimum atomic E-state index is -1.02. The lowest BCUT2D eigenvalue weighted by atomic mass is 10.1. The molecule has 1 aliphatic heterocycles. The van der Waals surface area contributed by atoms with Gasteiger partial charge < -0.3 is 15.3 Å². The largest absolute Gasteiger partial charge is 0.476 e. The Morgan fingerprint density at radius 3 is 2.87 bits per heavy atom. The third kappa shape index (κ3) is 4.04. The topological polar surface area (TPSA) is 52.6 Å². The fraction of sp³-hybridized carbons (Fsp3) is 0.118. The van der Waals surface area contributed by atoms with Gasteiger partial charge in [-0.25, -0.2) is 4.79 Å². The second-order valence-corrected chi connectivity index (χ2v) is 6.00. The van der Waals surface area contributed by atoms with Crippen LogP contribution in [-0.4, -0.2) is 16.0 Å². The van der Waals surface area contributed by atoms with Gasteiger partial charge in [0.05, 0.1) is 5.70 Å². The van der Waals surface area contributed by atoms with Crippen LogP contribution in [0.2, 0.25) is 5.02 Å². The van der Waals surface area contributed by atoms with Gasteiger partial charge in [0.2, 0.25) is 0 Å². The highest BCUT2D eigenvalue weighted by atomic mass is 35.5. The van der Waals surface area contributed by atoms with Crippen LogP contribution >= 0.6 is 20.8 Å². The van der Waals surface area contributed by atoms with E-state index in [1.165, 1.54) is 0 Å². The third-order valence-corrected chi connectivity index (χ3v) is 4.12. The molecule has 0 saturated carbocycles. The number of halogens is 1. The predicted molar refractivity (Wildman–Crippen MR) is 97.2 cm³/mol. The minimum Gasteiger partial charge on any atom is -0.476 e. The summed E-state index contributed by atoms with van der Waals surface area (Å²) < 4.78 is 0. The van der Waals surface area contributed by atoms with Crippen LogP contribution in [0.4, 0.5) is 0 Å². The molecule has 1 unspecified atom stereocenters. The van der Waals surface area contributed by atoms with Crippen LogP contribution in [0.5, 0.6) is 0 Å². The Morgan fingerprint density at radius 2 is 2.22 bits per heavy atom. The lowest BCUT2D eigenvalue weighted by molar-refractivity contribution is -0.134. The molecule has 2 rings (SSSR count). The van der Waals surface area contributed by atoms with E-state index in [1.54, 1.807) is 29.3 Å². The van der Waals surface area contributed by atoms with Gasteiger partial charge in [-0.1, -0.05) is 30.3 Å². The van der Waals surface area contributed by atoms with Crippen molar-refractivity contribution in [1.29, 1.82) is 0 Å². The molecule has 2 N–H and O–H groups in total. The average Bonchev–Trinajstić information content (AvgIpc) is 2.50. The van der Waals surface area contributed by atoms with Gasteiger partial charge in [0.15, 0.2) is 5.70 Å². The summed E-state index contributed by atoms with van der Waals surface area (Å²) in [5.41, 5.74) is 2.24. The Hall–Kier alpha value is -2.03. The number of nitrogens with one attached hydrogen (secondary N) is 1. The number of rotatable bonds is 5. The smallest absolute Gasteiger partial charge is 0.355 e. The van der Waals surface area contributed by atoms with Gasteiger partial charge in [0.1, 0.15) is 0 Å². The second-order valence-electron chi connectivity index (χ2n) is 4.94. The molecule has 120 valence electrons. The zero-order valence-corrected chi connectivity index (χ0v) is 14.6. The van der Waals surface area contributed by atoms with E-state index in [1.807, 2.05) is 25.1 Å². The number of hydrogen-bond acceptors (Lipinski definition) is 3. The van der Waals surface area contributed by atoms with Gasteiger partial charge in [0, 0.05) is 23.5 Å². The SMILES string of the molecule is C=C1C=CC(NCc2cc(Cl)ccc2P)=C(C(=O)O)N1/C=C\C. The first-order chi connectivity index (χ1) is 10.9. The predicted octanol–water partition coefficient (Wildman–Crippen LogP) is 3.15. The van der Waals surface area contributed by atoms with Gasteiger partial charge in [-0.05, 0) is 42.1 Å². The van der Waals surface area contributed by atoms with Gasteiger partial charge in [-0.3, -0.25) is 0 Å². The van der Waals surface area contributed by atoms with E-state index in [9.17, 15) is 9.90 Å². The highest BCUT2D eigenvalue weighted by molar-refractivity contribution is 7.27. The van der Waals surface area contributed by atoms with E-state index in [0.29, 0.717) is 23.0 Å². The van der Waals surface area contributed by atoms with Crippen molar-refractivity contribution < 1.29 is 9.90 Å². The zero-order chi connectivity index (χ0) is 17.0. The van der Waals surface area contributed by atoms with Crippen LogP contribution in [0.15, 0.2) is 66.3 Å². The van der Waals surface area contributed by atoms with Crippen molar-refractivity contribution in [2.24, 2.45) is 0 Å². The number of carbonyl (C=O) groups is 1. The highest BCUT2D eigenvalue weighted by Crippen LogP contribution is 2.23. The Morgan fingerprint density at radius 1 is 1.48 bits per heavy atom. The molecule has 6 heteroatoms.